The van der Waals surface area contributed by atoms with Crippen molar-refractivity contribution in [1.29, 1.82) is 0 Å². The van der Waals surface area contributed by atoms with Crippen molar-refractivity contribution in [1.82, 2.24) is 14.8 Å². The van der Waals surface area contributed by atoms with Gasteiger partial charge in [-0.1, -0.05) is 12.1 Å². The Labute approximate surface area is 147 Å². The van der Waals surface area contributed by atoms with E-state index >= 15 is 0 Å². The van der Waals surface area contributed by atoms with Crippen molar-refractivity contribution in [2.24, 2.45) is 0 Å². The van der Waals surface area contributed by atoms with Crippen molar-refractivity contribution in [2.45, 2.75) is 26.4 Å². The molecule has 1 amide bonds. The first-order chi connectivity index (χ1) is 11.7. The molecule has 1 saturated heterocycles. The number of anilines is 1. The van der Waals surface area contributed by atoms with Crippen LogP contribution in [0.2, 0.25) is 0 Å². The van der Waals surface area contributed by atoms with E-state index in [2.05, 4.69) is 32.2 Å². The van der Waals surface area contributed by atoms with Crippen LogP contribution in [-0.4, -0.2) is 46.9 Å². The Bertz CT molecular complexity index is 642. The zero-order valence-electron chi connectivity index (χ0n) is 14.1. The first kappa shape index (κ1) is 17.1. The van der Waals surface area contributed by atoms with Crippen molar-refractivity contribution < 1.29 is 4.79 Å². The normalized spacial score (nSPS) is 16.7. The van der Waals surface area contributed by atoms with Gasteiger partial charge < -0.3 is 5.32 Å². The van der Waals surface area contributed by atoms with Gasteiger partial charge in [0.05, 0.1) is 6.54 Å². The summed E-state index contributed by atoms with van der Waals surface area (Å²) in [4.78, 5) is 20.5. The van der Waals surface area contributed by atoms with Crippen LogP contribution in [0.4, 0.5) is 5.69 Å². The van der Waals surface area contributed by atoms with Crippen molar-refractivity contribution in [3.8, 4) is 0 Å². The van der Waals surface area contributed by atoms with Gasteiger partial charge in [-0.05, 0) is 37.2 Å². The van der Waals surface area contributed by atoms with Gasteiger partial charge in [-0.25, -0.2) is 4.98 Å². The summed E-state index contributed by atoms with van der Waals surface area (Å²) < 4.78 is 0. The Morgan fingerprint density at radius 2 is 1.83 bits per heavy atom. The molecule has 24 heavy (non-hydrogen) atoms. The van der Waals surface area contributed by atoms with E-state index in [0.29, 0.717) is 0 Å². The van der Waals surface area contributed by atoms with Crippen LogP contribution in [0.5, 0.6) is 0 Å². The molecule has 1 fully saturated rings. The van der Waals surface area contributed by atoms with Gasteiger partial charge in [0.2, 0.25) is 5.91 Å². The molecule has 1 aliphatic rings. The Kier molecular flexibility index (Phi) is 5.96. The zero-order valence-corrected chi connectivity index (χ0v) is 14.9. The smallest absolute Gasteiger partial charge is 0.221 e. The summed E-state index contributed by atoms with van der Waals surface area (Å²) in [5.41, 5.74) is 2.15. The van der Waals surface area contributed by atoms with Crippen LogP contribution in [0.1, 0.15) is 23.9 Å². The van der Waals surface area contributed by atoms with Gasteiger partial charge in [0, 0.05) is 43.8 Å². The average molecular weight is 344 g/mol. The number of nitrogens with zero attached hydrogens (tertiary/aromatic N) is 3. The lowest BCUT2D eigenvalue weighted by Gasteiger charge is -2.21. The second-order valence-corrected chi connectivity index (χ2v) is 7.19. The number of hydrogen-bond acceptors (Lipinski definition) is 5. The highest BCUT2D eigenvalue weighted by molar-refractivity contribution is 7.09. The minimum Gasteiger partial charge on any atom is -0.326 e. The number of thiazole rings is 1. The van der Waals surface area contributed by atoms with E-state index in [1.54, 1.807) is 11.3 Å². The lowest BCUT2D eigenvalue weighted by molar-refractivity contribution is -0.114. The van der Waals surface area contributed by atoms with Gasteiger partial charge in [-0.3, -0.25) is 14.6 Å². The fraction of sp³-hybridized carbons (Fsp3) is 0.444. The topological polar surface area (TPSA) is 48.5 Å². The number of amides is 1. The summed E-state index contributed by atoms with van der Waals surface area (Å²) in [6.07, 6.45) is 3.07. The van der Waals surface area contributed by atoms with E-state index in [1.165, 1.54) is 23.9 Å². The molecular weight excluding hydrogens is 320 g/mol. The summed E-state index contributed by atoms with van der Waals surface area (Å²) in [5, 5.41) is 6.06. The second-order valence-electron chi connectivity index (χ2n) is 6.21. The van der Waals surface area contributed by atoms with Crippen LogP contribution in [0.15, 0.2) is 35.8 Å². The van der Waals surface area contributed by atoms with Gasteiger partial charge in [0.1, 0.15) is 5.01 Å². The molecule has 2 heterocycles. The number of rotatable bonds is 5. The number of carbonyl (C=O) groups excluding carboxylic acids is 1. The minimum absolute atomic E-state index is 0.0319. The van der Waals surface area contributed by atoms with Crippen molar-refractivity contribution in [3.05, 3.63) is 46.4 Å². The molecule has 1 aliphatic heterocycles. The van der Waals surface area contributed by atoms with E-state index in [1.807, 2.05) is 23.7 Å². The molecule has 5 nitrogen and oxygen atoms in total. The zero-order chi connectivity index (χ0) is 16.8. The molecule has 1 aromatic heterocycles. The van der Waals surface area contributed by atoms with Gasteiger partial charge >= 0.3 is 0 Å². The quantitative estimate of drug-likeness (QED) is 0.906. The minimum atomic E-state index is -0.0319. The van der Waals surface area contributed by atoms with Gasteiger partial charge in [0.15, 0.2) is 0 Å². The summed E-state index contributed by atoms with van der Waals surface area (Å²) in [7, 11) is 0. The van der Waals surface area contributed by atoms with Crippen LogP contribution >= 0.6 is 11.3 Å². The fourth-order valence-electron chi connectivity index (χ4n) is 3.02. The van der Waals surface area contributed by atoms with E-state index in [9.17, 15) is 4.79 Å². The molecule has 2 aromatic rings. The Balaban J connectivity index is 1.50. The summed E-state index contributed by atoms with van der Waals surface area (Å²) in [5.74, 6) is -0.0319. The fourth-order valence-corrected chi connectivity index (χ4v) is 3.68. The first-order valence-corrected chi connectivity index (χ1v) is 9.26. The molecule has 0 aliphatic carbocycles. The molecule has 128 valence electrons. The van der Waals surface area contributed by atoms with E-state index in [-0.39, 0.29) is 5.91 Å². The first-order valence-electron chi connectivity index (χ1n) is 8.38. The van der Waals surface area contributed by atoms with E-state index < -0.39 is 0 Å². The molecule has 3 rings (SSSR count). The summed E-state index contributed by atoms with van der Waals surface area (Å²) in [6, 6.07) is 8.15. The van der Waals surface area contributed by atoms with Gasteiger partial charge in [0.25, 0.3) is 0 Å². The molecule has 1 aromatic carbocycles. The maximum absolute atomic E-state index is 11.1. The lowest BCUT2D eigenvalue weighted by atomic mass is 10.2. The van der Waals surface area contributed by atoms with Crippen LogP contribution in [0, 0.1) is 0 Å². The molecule has 0 atom stereocenters. The van der Waals surface area contributed by atoms with Gasteiger partial charge in [-0.15, -0.1) is 11.3 Å². The molecular formula is C18H24N4OS. The molecule has 6 heteroatoms. The Morgan fingerprint density at radius 1 is 1.12 bits per heavy atom. The van der Waals surface area contributed by atoms with Gasteiger partial charge in [-0.2, -0.15) is 0 Å². The summed E-state index contributed by atoms with van der Waals surface area (Å²) in [6.45, 7) is 7.90. The number of carbonyl (C=O) groups is 1. The average Bonchev–Trinajstić information content (AvgIpc) is 2.96. The standard InChI is InChI=1S/C18H24N4OS/c1-15(23)20-17-5-3-16(4-6-17)13-21-8-2-9-22(11-10-21)14-18-19-7-12-24-18/h3-7,12H,2,8-11,13-14H2,1H3,(H,20,23). The number of nitrogens with one attached hydrogen (secondary N) is 1. The molecule has 0 spiro atoms. The highest BCUT2D eigenvalue weighted by Gasteiger charge is 2.16. The second kappa shape index (κ2) is 8.37. The molecule has 1 N–H and O–H groups in total. The largest absolute Gasteiger partial charge is 0.326 e. The maximum Gasteiger partial charge on any atom is 0.221 e. The predicted molar refractivity (Wildman–Crippen MR) is 98.0 cm³/mol. The third kappa shape index (κ3) is 5.12. The maximum atomic E-state index is 11.1. The van der Waals surface area contributed by atoms with E-state index in [4.69, 9.17) is 0 Å². The third-order valence-corrected chi connectivity index (χ3v) is 4.97. The van der Waals surface area contributed by atoms with Crippen LogP contribution < -0.4 is 5.32 Å². The molecule has 0 saturated carbocycles. The predicted octanol–water partition coefficient (Wildman–Crippen LogP) is 2.81. The molecule has 0 unspecified atom stereocenters. The highest BCUT2D eigenvalue weighted by Crippen LogP contribution is 2.15. The van der Waals surface area contributed by atoms with Crippen molar-refractivity contribution in [2.75, 3.05) is 31.5 Å². The van der Waals surface area contributed by atoms with Crippen molar-refractivity contribution >= 4 is 22.9 Å². The van der Waals surface area contributed by atoms with Crippen LogP contribution in [0.3, 0.4) is 0 Å². The molecule has 0 bridgehead atoms. The lowest BCUT2D eigenvalue weighted by Crippen LogP contribution is -2.30. The third-order valence-electron chi connectivity index (χ3n) is 4.20. The molecule has 0 radical (unpaired) electrons. The Morgan fingerprint density at radius 3 is 2.46 bits per heavy atom. The number of hydrogen-bond donors (Lipinski definition) is 1. The van der Waals surface area contributed by atoms with Crippen LogP contribution in [0.25, 0.3) is 0 Å². The van der Waals surface area contributed by atoms with Crippen LogP contribution in [-0.2, 0) is 17.9 Å². The number of benzene rings is 1. The monoisotopic (exact) mass is 344 g/mol. The number of aromatic nitrogens is 1. The highest BCUT2D eigenvalue weighted by atomic mass is 32.1. The summed E-state index contributed by atoms with van der Waals surface area (Å²) >= 11 is 1.74. The van der Waals surface area contributed by atoms with Crippen molar-refractivity contribution in [3.63, 3.8) is 0 Å². The Hall–Kier alpha value is -1.76. The SMILES string of the molecule is CC(=O)Nc1ccc(CN2CCCN(Cc3nccs3)CC2)cc1. The van der Waals surface area contributed by atoms with E-state index in [0.717, 1.165) is 45.0 Å².